The SMILES string of the molecule is CC1=C(C2=C(C)/C(=N\Nc3cccc(C(=O)O)c3)c3c(c(C=O)c(O)c(O)c3C(C)C)C2=O)C(=O)c2c(C=O)c(O)c(O)c(C(C)C)c2/C1=N/Nc1cccc(C(=O)O)c1. The summed E-state index contributed by atoms with van der Waals surface area (Å²) in [5, 5.41) is 73.1. The Hall–Kier alpha value is -7.88. The average Bonchev–Trinajstić information content (AvgIpc) is 3.20. The van der Waals surface area contributed by atoms with Crippen LogP contribution in [0.3, 0.4) is 0 Å². The van der Waals surface area contributed by atoms with Crippen molar-refractivity contribution in [2.75, 3.05) is 10.9 Å². The van der Waals surface area contributed by atoms with Gasteiger partial charge in [-0.25, -0.2) is 9.59 Å². The second kappa shape index (κ2) is 15.8. The highest BCUT2D eigenvalue weighted by molar-refractivity contribution is 6.40. The molecule has 2 aliphatic carbocycles. The highest BCUT2D eigenvalue weighted by atomic mass is 16.4. The number of hydrogen-bond acceptors (Lipinski definition) is 14. The van der Waals surface area contributed by atoms with Crippen LogP contribution in [-0.4, -0.2) is 78.1 Å². The number of hydrogen-bond donors (Lipinski definition) is 8. The average molecular weight is 815 g/mol. The van der Waals surface area contributed by atoms with E-state index in [1.165, 1.54) is 62.4 Å². The number of phenols is 4. The van der Waals surface area contributed by atoms with Crippen molar-refractivity contribution in [3.05, 3.63) is 126 Å². The summed E-state index contributed by atoms with van der Waals surface area (Å²) in [6.45, 7) is 9.48. The number of ketones is 2. The number of anilines is 2. The predicted molar refractivity (Wildman–Crippen MR) is 220 cm³/mol. The third-order valence-electron chi connectivity index (χ3n) is 10.3. The molecule has 0 amide bonds. The number of aromatic carboxylic acids is 2. The minimum Gasteiger partial charge on any atom is -0.504 e. The van der Waals surface area contributed by atoms with Gasteiger partial charge in [-0.15, -0.1) is 0 Å². The molecule has 60 heavy (non-hydrogen) atoms. The van der Waals surface area contributed by atoms with E-state index >= 15 is 9.59 Å². The molecule has 306 valence electrons. The molecule has 0 saturated heterocycles. The number of fused-ring (bicyclic) bond motifs is 2. The van der Waals surface area contributed by atoms with Gasteiger partial charge in [0.15, 0.2) is 47.1 Å². The number of carbonyl (C=O) groups is 6. The summed E-state index contributed by atoms with van der Waals surface area (Å²) in [7, 11) is 0. The van der Waals surface area contributed by atoms with E-state index < -0.39 is 80.6 Å². The molecule has 0 bridgehead atoms. The van der Waals surface area contributed by atoms with Gasteiger partial charge in [-0.1, -0.05) is 39.8 Å². The van der Waals surface area contributed by atoms with Crippen LogP contribution >= 0.6 is 0 Å². The highest BCUT2D eigenvalue weighted by Gasteiger charge is 2.44. The number of carbonyl (C=O) groups excluding carboxylic acids is 4. The van der Waals surface area contributed by atoms with E-state index in [4.69, 9.17) is 0 Å². The van der Waals surface area contributed by atoms with E-state index in [9.17, 15) is 49.8 Å². The van der Waals surface area contributed by atoms with Crippen LogP contribution in [0.4, 0.5) is 11.4 Å². The monoisotopic (exact) mass is 814 g/mol. The van der Waals surface area contributed by atoms with Gasteiger partial charge in [-0.05, 0) is 73.2 Å². The summed E-state index contributed by atoms with van der Waals surface area (Å²) in [6.07, 6.45) is 0.327. The van der Waals surface area contributed by atoms with Crippen LogP contribution in [0, 0.1) is 0 Å². The molecule has 0 unspecified atom stereocenters. The largest absolute Gasteiger partial charge is 0.504 e. The fourth-order valence-corrected chi connectivity index (χ4v) is 7.61. The molecule has 16 nitrogen and oxygen atoms in total. The van der Waals surface area contributed by atoms with Gasteiger partial charge in [-0.3, -0.25) is 30.0 Å². The Bertz CT molecular complexity index is 2570. The maximum Gasteiger partial charge on any atom is 0.335 e. The molecule has 6 rings (SSSR count). The lowest BCUT2D eigenvalue weighted by molar-refractivity contribution is 0.0686. The normalized spacial score (nSPS) is 15.1. The van der Waals surface area contributed by atoms with Crippen molar-refractivity contribution >= 4 is 58.9 Å². The van der Waals surface area contributed by atoms with Crippen molar-refractivity contribution in [1.82, 2.24) is 0 Å². The van der Waals surface area contributed by atoms with Crippen LogP contribution in [0.15, 0.2) is 81.0 Å². The molecule has 0 fully saturated rings. The zero-order valence-electron chi connectivity index (χ0n) is 33.0. The molecular formula is C44H38N4O12. The number of allylic oxidation sites excluding steroid dienone is 4. The van der Waals surface area contributed by atoms with Gasteiger partial charge in [-0.2, -0.15) is 10.2 Å². The van der Waals surface area contributed by atoms with E-state index in [2.05, 4.69) is 21.1 Å². The number of nitrogens with one attached hydrogen (secondary N) is 2. The summed E-state index contributed by atoms with van der Waals surface area (Å²) < 4.78 is 0. The number of rotatable bonds is 11. The third-order valence-corrected chi connectivity index (χ3v) is 10.3. The lowest BCUT2D eigenvalue weighted by atomic mass is 9.70. The molecule has 0 saturated carbocycles. The molecule has 0 aromatic heterocycles. The number of carboxylic acids is 2. The Labute approximate surface area is 341 Å². The molecule has 4 aromatic rings. The fourth-order valence-electron chi connectivity index (χ4n) is 7.61. The van der Waals surface area contributed by atoms with Crippen molar-refractivity contribution in [2.24, 2.45) is 10.2 Å². The van der Waals surface area contributed by atoms with Gasteiger partial charge in [0.25, 0.3) is 0 Å². The van der Waals surface area contributed by atoms with Crippen molar-refractivity contribution in [3.63, 3.8) is 0 Å². The topological polar surface area (TPSA) is 273 Å². The van der Waals surface area contributed by atoms with E-state index in [0.717, 1.165) is 0 Å². The first-order valence-corrected chi connectivity index (χ1v) is 18.4. The maximum atomic E-state index is 15.1. The maximum absolute atomic E-state index is 15.1. The quantitative estimate of drug-likeness (QED) is 0.0425. The molecule has 0 aliphatic heterocycles. The minimum atomic E-state index is -1.23. The molecule has 2 aliphatic rings. The molecule has 16 heteroatoms. The third kappa shape index (κ3) is 6.72. The standard InChI is InChI=1S/C44H38N4O12/c1-17(2)27-33-31(25(15-49)37(51)41(27)55)39(53)29(19(5)35(33)47-45-23-11-7-9-21(13-23)43(57)58)30-20(6)36(48-46-24-12-8-10-22(14-24)44(59)60)34-28(18(3)4)42(56)38(52)26(16-50)32(34)40(30)54/h7-18,45-46,51-52,55-56H,1-6H3,(H,57,58)(H,59,60)/b47-35+,48-36+. The van der Waals surface area contributed by atoms with E-state index in [0.29, 0.717) is 0 Å². The zero-order valence-corrected chi connectivity index (χ0v) is 33.0. The Morgan fingerprint density at radius 3 is 1.23 bits per heavy atom. The smallest absolute Gasteiger partial charge is 0.335 e. The Kier molecular flexibility index (Phi) is 11.0. The summed E-state index contributed by atoms with van der Waals surface area (Å²) in [4.78, 5) is 79.2. The predicted octanol–water partition coefficient (Wildman–Crippen LogP) is 7.14. The van der Waals surface area contributed by atoms with Crippen LogP contribution < -0.4 is 10.9 Å². The van der Waals surface area contributed by atoms with Gasteiger partial charge >= 0.3 is 11.9 Å². The Balaban J connectivity index is 1.74. The molecular weight excluding hydrogens is 776 g/mol. The molecule has 0 atom stereocenters. The number of hydrazone groups is 2. The van der Waals surface area contributed by atoms with Crippen LogP contribution in [0.2, 0.25) is 0 Å². The van der Waals surface area contributed by atoms with Crippen LogP contribution in [0.25, 0.3) is 0 Å². The Morgan fingerprint density at radius 2 is 0.933 bits per heavy atom. The van der Waals surface area contributed by atoms with E-state index in [-0.39, 0.29) is 91.0 Å². The lowest BCUT2D eigenvalue weighted by Gasteiger charge is -2.32. The first-order valence-electron chi connectivity index (χ1n) is 18.4. The van der Waals surface area contributed by atoms with Crippen molar-refractivity contribution in [1.29, 1.82) is 0 Å². The van der Waals surface area contributed by atoms with Gasteiger partial charge in [0.05, 0.1) is 45.1 Å². The Morgan fingerprint density at radius 1 is 0.583 bits per heavy atom. The van der Waals surface area contributed by atoms with Gasteiger partial charge in [0.2, 0.25) is 0 Å². The van der Waals surface area contributed by atoms with Gasteiger partial charge in [0.1, 0.15) is 0 Å². The summed E-state index contributed by atoms with van der Waals surface area (Å²) in [5.74, 6) is -8.84. The van der Waals surface area contributed by atoms with Crippen molar-refractivity contribution in [3.8, 4) is 23.0 Å². The van der Waals surface area contributed by atoms with E-state index in [1.807, 2.05) is 0 Å². The molecule has 0 heterocycles. The van der Waals surface area contributed by atoms with Gasteiger partial charge in [0, 0.05) is 44.5 Å². The summed E-state index contributed by atoms with van der Waals surface area (Å²) in [5.41, 5.74) is 2.52. The number of aldehydes is 2. The second-order valence-corrected chi connectivity index (χ2v) is 14.7. The number of benzene rings is 4. The number of nitrogens with zero attached hydrogens (tertiary/aromatic N) is 2. The van der Waals surface area contributed by atoms with Gasteiger partial charge < -0.3 is 30.6 Å². The number of carboxylic acid groups (broad SMARTS) is 2. The van der Waals surface area contributed by atoms with Crippen molar-refractivity contribution in [2.45, 2.75) is 53.4 Å². The number of phenolic OH excluding ortho intramolecular Hbond substituents is 4. The first kappa shape index (κ1) is 41.7. The zero-order chi connectivity index (χ0) is 44.1. The minimum absolute atomic E-state index is 0.00872. The highest BCUT2D eigenvalue weighted by Crippen LogP contribution is 2.50. The first-order chi connectivity index (χ1) is 28.4. The molecule has 0 radical (unpaired) electrons. The number of Topliss-reactive ketones (excluding diaryl/α,β-unsaturated/α-hetero) is 2. The molecule has 8 N–H and O–H groups in total. The van der Waals surface area contributed by atoms with Crippen LogP contribution in [0.5, 0.6) is 23.0 Å². The van der Waals surface area contributed by atoms with E-state index in [1.54, 1.807) is 27.7 Å². The number of aromatic hydroxyl groups is 4. The summed E-state index contributed by atoms with van der Waals surface area (Å²) >= 11 is 0. The molecule has 0 spiro atoms. The lowest BCUT2D eigenvalue weighted by Crippen LogP contribution is -2.33. The van der Waals surface area contributed by atoms with Crippen LogP contribution in [-0.2, 0) is 0 Å². The summed E-state index contributed by atoms with van der Waals surface area (Å²) in [6, 6.07) is 11.2. The van der Waals surface area contributed by atoms with Crippen molar-refractivity contribution < 1.29 is 59.4 Å². The fraction of sp³-hybridized carbons (Fsp3) is 0.182. The molecule has 4 aromatic carbocycles. The second-order valence-electron chi connectivity index (χ2n) is 14.7. The van der Waals surface area contributed by atoms with Crippen LogP contribution in [0.1, 0.15) is 138 Å².